The second-order valence-electron chi connectivity index (χ2n) is 5.62. The van der Waals surface area contributed by atoms with E-state index in [2.05, 4.69) is 5.32 Å². The molecule has 1 heterocycles. The minimum Gasteiger partial charge on any atom is -0.379 e. The number of para-hydroxylation sites is 1. The molecule has 0 unspecified atom stereocenters. The molecule has 0 aliphatic carbocycles. The van der Waals surface area contributed by atoms with Gasteiger partial charge in [-0.3, -0.25) is 9.59 Å². The van der Waals surface area contributed by atoms with Crippen LogP contribution in [0.25, 0.3) is 10.9 Å². The molecule has 1 amide bonds. The first kappa shape index (κ1) is 14.1. The lowest BCUT2D eigenvalue weighted by Gasteiger charge is -2.27. The van der Waals surface area contributed by atoms with E-state index in [-0.39, 0.29) is 17.9 Å². The van der Waals surface area contributed by atoms with Crippen LogP contribution >= 0.6 is 0 Å². The summed E-state index contributed by atoms with van der Waals surface area (Å²) in [7, 11) is 1.74. The lowest BCUT2D eigenvalue weighted by molar-refractivity contribution is -0.118. The summed E-state index contributed by atoms with van der Waals surface area (Å²) in [5, 5.41) is 4.18. The van der Waals surface area contributed by atoms with Gasteiger partial charge in [0, 0.05) is 36.1 Å². The minimum atomic E-state index is -0.513. The van der Waals surface area contributed by atoms with Gasteiger partial charge in [0.25, 0.3) is 5.56 Å². The molecule has 0 bridgehead atoms. The molecule has 3 N–H and O–H groups in total. The molecule has 1 aromatic carbocycles. The third-order valence-corrected chi connectivity index (χ3v) is 3.24. The fourth-order valence-electron chi connectivity index (χ4n) is 2.36. The normalized spacial score (nSPS) is 11.6. The molecule has 5 nitrogen and oxygen atoms in total. The van der Waals surface area contributed by atoms with Gasteiger partial charge >= 0.3 is 0 Å². The van der Waals surface area contributed by atoms with E-state index in [4.69, 9.17) is 5.73 Å². The molecule has 0 aliphatic heterocycles. The van der Waals surface area contributed by atoms with Gasteiger partial charge < -0.3 is 15.6 Å². The summed E-state index contributed by atoms with van der Waals surface area (Å²) in [6.45, 7) is 3.76. The van der Waals surface area contributed by atoms with Crippen molar-refractivity contribution in [3.63, 3.8) is 0 Å². The summed E-state index contributed by atoms with van der Waals surface area (Å²) in [6, 6.07) is 9.19. The van der Waals surface area contributed by atoms with E-state index >= 15 is 0 Å². The van der Waals surface area contributed by atoms with Crippen LogP contribution in [0.1, 0.15) is 20.3 Å². The zero-order chi connectivity index (χ0) is 14.9. The summed E-state index contributed by atoms with van der Waals surface area (Å²) in [5.74, 6) is -0.379. The van der Waals surface area contributed by atoms with Gasteiger partial charge in [-0.2, -0.15) is 0 Å². The Labute approximate surface area is 117 Å². The van der Waals surface area contributed by atoms with E-state index < -0.39 is 5.54 Å². The number of aryl methyl sites for hydroxylation is 1. The number of aromatic nitrogens is 1. The monoisotopic (exact) mass is 273 g/mol. The van der Waals surface area contributed by atoms with Crippen LogP contribution in [-0.4, -0.2) is 16.0 Å². The topological polar surface area (TPSA) is 77.1 Å². The first-order valence-electron chi connectivity index (χ1n) is 6.45. The van der Waals surface area contributed by atoms with Crippen LogP contribution in [-0.2, 0) is 11.8 Å². The van der Waals surface area contributed by atoms with Gasteiger partial charge in [0.1, 0.15) is 0 Å². The third kappa shape index (κ3) is 2.82. The molecular formula is C15H19N3O2. The van der Waals surface area contributed by atoms with Gasteiger partial charge in [-0.15, -0.1) is 0 Å². The van der Waals surface area contributed by atoms with Gasteiger partial charge in [-0.1, -0.05) is 18.2 Å². The Hall–Kier alpha value is -2.30. The highest BCUT2D eigenvalue weighted by Crippen LogP contribution is 2.25. The molecular weight excluding hydrogens is 254 g/mol. The average Bonchev–Trinajstić information content (AvgIpc) is 2.33. The van der Waals surface area contributed by atoms with Crippen LogP contribution in [0.15, 0.2) is 35.1 Å². The number of hydrogen-bond acceptors (Lipinski definition) is 3. The van der Waals surface area contributed by atoms with Crippen LogP contribution in [0.4, 0.5) is 5.69 Å². The van der Waals surface area contributed by atoms with Crippen molar-refractivity contribution in [1.82, 2.24) is 4.57 Å². The molecule has 1 aromatic heterocycles. The van der Waals surface area contributed by atoms with Crippen LogP contribution in [0.2, 0.25) is 0 Å². The van der Waals surface area contributed by atoms with Gasteiger partial charge in [-0.25, -0.2) is 0 Å². The number of hydrogen-bond donors (Lipinski definition) is 2. The van der Waals surface area contributed by atoms with E-state index in [1.54, 1.807) is 17.7 Å². The molecule has 0 aliphatic rings. The predicted molar refractivity (Wildman–Crippen MR) is 80.7 cm³/mol. The Bertz CT molecular complexity index is 717. The third-order valence-electron chi connectivity index (χ3n) is 3.24. The number of fused-ring (bicyclic) bond motifs is 1. The van der Waals surface area contributed by atoms with Crippen molar-refractivity contribution in [2.24, 2.45) is 12.8 Å². The van der Waals surface area contributed by atoms with Crippen molar-refractivity contribution in [2.75, 3.05) is 5.32 Å². The second kappa shape index (κ2) is 5.00. The number of pyridine rings is 1. The molecule has 106 valence electrons. The molecule has 0 radical (unpaired) electrons. The number of carbonyl (C=O) groups is 1. The quantitative estimate of drug-likeness (QED) is 0.888. The summed E-state index contributed by atoms with van der Waals surface area (Å²) < 4.78 is 1.60. The maximum atomic E-state index is 12.0. The number of nitrogens with two attached hydrogens (primary N) is 1. The van der Waals surface area contributed by atoms with Crippen molar-refractivity contribution in [3.05, 3.63) is 40.7 Å². The SMILES string of the molecule is Cn1c(=O)cc(NC(C)(C)CC(N)=O)c2ccccc21. The van der Waals surface area contributed by atoms with E-state index in [1.807, 2.05) is 38.1 Å². The molecule has 0 saturated carbocycles. The number of nitrogens with zero attached hydrogens (tertiary/aromatic N) is 1. The van der Waals surface area contributed by atoms with Crippen LogP contribution in [0, 0.1) is 0 Å². The van der Waals surface area contributed by atoms with Crippen molar-refractivity contribution >= 4 is 22.5 Å². The number of rotatable bonds is 4. The van der Waals surface area contributed by atoms with Crippen LogP contribution < -0.4 is 16.6 Å². The number of benzene rings is 1. The number of amides is 1. The number of nitrogens with one attached hydrogen (secondary N) is 1. The van der Waals surface area contributed by atoms with Gasteiger partial charge in [0.15, 0.2) is 0 Å². The Balaban J connectivity index is 2.53. The van der Waals surface area contributed by atoms with E-state index in [9.17, 15) is 9.59 Å². The zero-order valence-corrected chi connectivity index (χ0v) is 11.9. The molecule has 0 saturated heterocycles. The summed E-state index contributed by atoms with van der Waals surface area (Å²) in [6.07, 6.45) is 0.191. The molecule has 20 heavy (non-hydrogen) atoms. The highest BCUT2D eigenvalue weighted by atomic mass is 16.1. The maximum absolute atomic E-state index is 12.0. The fourth-order valence-corrected chi connectivity index (χ4v) is 2.36. The van der Waals surface area contributed by atoms with Crippen molar-refractivity contribution in [3.8, 4) is 0 Å². The molecule has 2 aromatic rings. The second-order valence-corrected chi connectivity index (χ2v) is 5.62. The predicted octanol–water partition coefficient (Wildman–Crippen LogP) is 1.60. The Morgan fingerprint density at radius 2 is 2.00 bits per heavy atom. The van der Waals surface area contributed by atoms with Crippen molar-refractivity contribution in [1.29, 1.82) is 0 Å². The summed E-state index contributed by atoms with van der Waals surface area (Å²) in [5.41, 5.74) is 6.21. The van der Waals surface area contributed by atoms with E-state index in [1.165, 1.54) is 0 Å². The first-order valence-corrected chi connectivity index (χ1v) is 6.45. The van der Waals surface area contributed by atoms with Crippen LogP contribution in [0.3, 0.4) is 0 Å². The minimum absolute atomic E-state index is 0.0962. The van der Waals surface area contributed by atoms with E-state index in [0.717, 1.165) is 16.6 Å². The lowest BCUT2D eigenvalue weighted by atomic mass is 9.99. The molecule has 5 heteroatoms. The number of primary amides is 1. The number of anilines is 1. The molecule has 0 atom stereocenters. The highest BCUT2D eigenvalue weighted by molar-refractivity contribution is 5.91. The lowest BCUT2D eigenvalue weighted by Crippen LogP contribution is -2.36. The van der Waals surface area contributed by atoms with Gasteiger partial charge in [0.2, 0.25) is 5.91 Å². The van der Waals surface area contributed by atoms with Crippen LogP contribution in [0.5, 0.6) is 0 Å². The molecule has 2 rings (SSSR count). The average molecular weight is 273 g/mol. The maximum Gasteiger partial charge on any atom is 0.252 e. The number of carbonyl (C=O) groups excluding carboxylic acids is 1. The van der Waals surface area contributed by atoms with Crippen molar-refractivity contribution < 1.29 is 4.79 Å². The first-order chi connectivity index (χ1) is 9.30. The zero-order valence-electron chi connectivity index (χ0n) is 11.9. The van der Waals surface area contributed by atoms with Crippen molar-refractivity contribution in [2.45, 2.75) is 25.8 Å². The van der Waals surface area contributed by atoms with Gasteiger partial charge in [-0.05, 0) is 19.9 Å². The summed E-state index contributed by atoms with van der Waals surface area (Å²) >= 11 is 0. The molecule has 0 fully saturated rings. The largest absolute Gasteiger partial charge is 0.379 e. The fraction of sp³-hybridized carbons (Fsp3) is 0.333. The smallest absolute Gasteiger partial charge is 0.252 e. The van der Waals surface area contributed by atoms with E-state index in [0.29, 0.717) is 0 Å². The Morgan fingerprint density at radius 1 is 1.35 bits per heavy atom. The Kier molecular flexibility index (Phi) is 3.53. The highest BCUT2D eigenvalue weighted by Gasteiger charge is 2.21. The standard InChI is InChI=1S/C15H19N3O2/c1-15(2,9-13(16)19)17-11-8-14(20)18(3)12-7-5-4-6-10(11)12/h4-8,17H,9H2,1-3H3,(H2,16,19). The summed E-state index contributed by atoms with van der Waals surface area (Å²) in [4.78, 5) is 23.1. The van der Waals surface area contributed by atoms with Gasteiger partial charge in [0.05, 0.1) is 5.52 Å². The Morgan fingerprint density at radius 3 is 2.65 bits per heavy atom. The molecule has 0 spiro atoms.